The molecule has 0 aliphatic rings. The number of benzene rings is 13. The summed E-state index contributed by atoms with van der Waals surface area (Å²) in [5, 5.41) is 19.7. The van der Waals surface area contributed by atoms with E-state index in [1.54, 1.807) is 0 Å². The average Bonchev–Trinajstić information content (AvgIpc) is 3.81. The first-order valence-electron chi connectivity index (χ1n) is 24.2. The van der Waals surface area contributed by atoms with Crippen LogP contribution in [0, 0.1) is 0 Å². The zero-order valence-electron chi connectivity index (χ0n) is 38.3. The predicted molar refractivity (Wildman–Crippen MR) is 302 cm³/mol. The third kappa shape index (κ3) is 6.12. The lowest BCUT2D eigenvalue weighted by Crippen LogP contribution is -2.01. The monoisotopic (exact) mass is 917 g/mol. The lowest BCUT2D eigenvalue weighted by Gasteiger charge is -2.22. The summed E-state index contributed by atoms with van der Waals surface area (Å²) in [6.45, 7) is 0. The zero-order valence-corrected chi connectivity index (χ0v) is 39.1. The molecule has 15 rings (SSSR count). The van der Waals surface area contributed by atoms with E-state index in [1.807, 2.05) is 47.7 Å². The highest BCUT2D eigenvalue weighted by Gasteiger charge is 2.25. The fourth-order valence-electron chi connectivity index (χ4n) is 11.6. The van der Waals surface area contributed by atoms with Crippen LogP contribution in [0.1, 0.15) is 0 Å². The van der Waals surface area contributed by atoms with E-state index in [4.69, 9.17) is 15.0 Å². The van der Waals surface area contributed by atoms with Crippen LogP contribution in [0.5, 0.6) is 0 Å². The molecule has 15 aromatic rings. The van der Waals surface area contributed by atoms with Crippen molar-refractivity contribution in [3.05, 3.63) is 237 Å². The molecule has 0 amide bonds. The second-order valence-electron chi connectivity index (χ2n) is 18.5. The smallest absolute Gasteiger partial charge is 0.165 e. The second kappa shape index (κ2) is 15.7. The van der Waals surface area contributed by atoms with Crippen molar-refractivity contribution in [2.45, 2.75) is 0 Å². The van der Waals surface area contributed by atoms with Gasteiger partial charge in [-0.1, -0.05) is 212 Å². The molecule has 0 fully saturated rings. The van der Waals surface area contributed by atoms with E-state index in [2.05, 4.69) is 200 Å². The van der Waals surface area contributed by atoms with Gasteiger partial charge in [0.15, 0.2) is 17.5 Å². The van der Waals surface area contributed by atoms with Gasteiger partial charge in [-0.15, -0.1) is 11.3 Å². The van der Waals surface area contributed by atoms with E-state index in [1.165, 1.54) is 96.3 Å². The SMILES string of the molecule is c1ccc(-c2nc(-c3ccccc3)nc(-c3c4ccccc4c(-c4c5ccccc5c(-c5ccc6sc7cc8c9ccccc9c9ccccc9c8cc7c6c5)c5ccccc45)c4ccccc34)n2)cc1. The molecule has 0 N–H and O–H groups in total. The fraction of sp³-hybridized carbons (Fsp3) is 0. The predicted octanol–water partition coefficient (Wildman–Crippen LogP) is 18.6. The molecule has 0 spiro atoms. The summed E-state index contributed by atoms with van der Waals surface area (Å²) in [5.74, 6) is 1.93. The molecule has 0 atom stereocenters. The number of aromatic nitrogens is 3. The van der Waals surface area contributed by atoms with Gasteiger partial charge in [0.1, 0.15) is 0 Å². The number of hydrogen-bond donors (Lipinski definition) is 0. The van der Waals surface area contributed by atoms with Crippen LogP contribution in [0.25, 0.3) is 152 Å². The molecule has 0 unspecified atom stereocenters. The normalized spacial score (nSPS) is 11.9. The molecule has 0 bridgehead atoms. The molecule has 3 nitrogen and oxygen atoms in total. The Kier molecular flexibility index (Phi) is 8.83. The van der Waals surface area contributed by atoms with Gasteiger partial charge in [-0.25, -0.2) is 15.0 Å². The Morgan fingerprint density at radius 3 is 0.986 bits per heavy atom. The first-order chi connectivity index (χ1) is 35.2. The lowest BCUT2D eigenvalue weighted by molar-refractivity contribution is 1.08. The molecule has 0 aliphatic carbocycles. The maximum atomic E-state index is 5.30. The first kappa shape index (κ1) is 39.9. The number of nitrogens with zero attached hydrogens (tertiary/aromatic N) is 3. The molecule has 0 aliphatic heterocycles. The topological polar surface area (TPSA) is 38.7 Å². The van der Waals surface area contributed by atoms with Crippen LogP contribution in [-0.4, -0.2) is 15.0 Å². The molecule has 0 radical (unpaired) electrons. The number of thiophene rings is 1. The van der Waals surface area contributed by atoms with Gasteiger partial charge in [0.2, 0.25) is 0 Å². The molecule has 2 heterocycles. The molecule has 0 saturated heterocycles. The van der Waals surface area contributed by atoms with E-state index in [9.17, 15) is 0 Å². The van der Waals surface area contributed by atoms with Gasteiger partial charge >= 0.3 is 0 Å². The van der Waals surface area contributed by atoms with Crippen molar-refractivity contribution in [2.24, 2.45) is 0 Å². The summed E-state index contributed by atoms with van der Waals surface area (Å²) >= 11 is 1.89. The van der Waals surface area contributed by atoms with Crippen LogP contribution in [0.15, 0.2) is 237 Å². The Balaban J connectivity index is 0.988. The van der Waals surface area contributed by atoms with E-state index in [-0.39, 0.29) is 0 Å². The summed E-state index contributed by atoms with van der Waals surface area (Å²) in [6, 6.07) is 85.9. The van der Waals surface area contributed by atoms with Crippen LogP contribution in [0.4, 0.5) is 0 Å². The Morgan fingerprint density at radius 1 is 0.197 bits per heavy atom. The van der Waals surface area contributed by atoms with Gasteiger partial charge in [0.05, 0.1) is 0 Å². The van der Waals surface area contributed by atoms with Gasteiger partial charge in [-0.05, 0) is 122 Å². The van der Waals surface area contributed by atoms with Crippen molar-refractivity contribution in [3.8, 4) is 56.4 Å². The third-order valence-electron chi connectivity index (χ3n) is 14.7. The maximum absolute atomic E-state index is 5.30. The second-order valence-corrected chi connectivity index (χ2v) is 19.6. The Bertz CT molecular complexity index is 4520. The molecule has 4 heteroatoms. The zero-order chi connectivity index (χ0) is 46.6. The number of hydrogen-bond acceptors (Lipinski definition) is 4. The highest BCUT2D eigenvalue weighted by Crippen LogP contribution is 2.51. The maximum Gasteiger partial charge on any atom is 0.165 e. The summed E-state index contributed by atoms with van der Waals surface area (Å²) in [4.78, 5) is 15.7. The minimum absolute atomic E-state index is 0.642. The molecule has 13 aromatic carbocycles. The van der Waals surface area contributed by atoms with Crippen molar-refractivity contribution in [3.63, 3.8) is 0 Å². The van der Waals surface area contributed by atoms with Gasteiger partial charge < -0.3 is 0 Å². The van der Waals surface area contributed by atoms with Crippen molar-refractivity contribution < 1.29 is 0 Å². The van der Waals surface area contributed by atoms with E-state index < -0.39 is 0 Å². The van der Waals surface area contributed by atoms with Crippen molar-refractivity contribution >= 4 is 107 Å². The lowest BCUT2D eigenvalue weighted by atomic mass is 9.81. The summed E-state index contributed by atoms with van der Waals surface area (Å²) in [7, 11) is 0. The van der Waals surface area contributed by atoms with Crippen LogP contribution < -0.4 is 0 Å². The van der Waals surface area contributed by atoms with Crippen LogP contribution in [0.3, 0.4) is 0 Å². The Hall–Kier alpha value is -9.09. The van der Waals surface area contributed by atoms with Gasteiger partial charge in [-0.2, -0.15) is 0 Å². The largest absolute Gasteiger partial charge is 0.208 e. The van der Waals surface area contributed by atoms with E-state index in [0.29, 0.717) is 17.5 Å². The van der Waals surface area contributed by atoms with Crippen LogP contribution in [-0.2, 0) is 0 Å². The van der Waals surface area contributed by atoms with E-state index >= 15 is 0 Å². The van der Waals surface area contributed by atoms with Gasteiger partial charge in [-0.3, -0.25) is 0 Å². The standard InChI is InChI=1S/C67H39N3S/c1-3-19-40(20-4-1)65-68-66(41-21-5-2-6-22-41)70-67(69-65)64-53-33-17-15-31-51(53)63(52-32-16-18-34-54(52)64)62-49-29-13-11-27-47(49)61(48-28-12-14-30-50(48)62)42-35-36-59-57(37-42)58-38-55-45-25-9-7-23-43(45)44-24-8-10-26-46(44)56(55)39-60(58)71-59/h1-39H. The minimum atomic E-state index is 0.642. The quantitative estimate of drug-likeness (QED) is 0.128. The molecular formula is C67H39N3S. The number of fused-ring (bicyclic) bond motifs is 13. The summed E-state index contributed by atoms with van der Waals surface area (Å²) < 4.78 is 2.60. The van der Waals surface area contributed by atoms with Crippen molar-refractivity contribution in [1.29, 1.82) is 0 Å². The highest BCUT2D eigenvalue weighted by atomic mass is 32.1. The summed E-state index contributed by atoms with van der Waals surface area (Å²) in [6.07, 6.45) is 0. The minimum Gasteiger partial charge on any atom is -0.208 e. The average molecular weight is 918 g/mol. The van der Waals surface area contributed by atoms with Crippen molar-refractivity contribution in [1.82, 2.24) is 15.0 Å². The fourth-order valence-corrected chi connectivity index (χ4v) is 12.7. The Labute approximate surface area is 412 Å². The first-order valence-corrected chi connectivity index (χ1v) is 25.0. The molecule has 2 aromatic heterocycles. The van der Waals surface area contributed by atoms with Crippen LogP contribution >= 0.6 is 11.3 Å². The molecule has 71 heavy (non-hydrogen) atoms. The number of rotatable bonds is 5. The molecular weight excluding hydrogens is 879 g/mol. The summed E-state index contributed by atoms with van der Waals surface area (Å²) in [5.41, 5.74) is 7.76. The molecule has 0 saturated carbocycles. The van der Waals surface area contributed by atoms with Crippen molar-refractivity contribution in [2.75, 3.05) is 0 Å². The Morgan fingerprint density at radius 2 is 0.535 bits per heavy atom. The van der Waals surface area contributed by atoms with Gasteiger partial charge in [0.25, 0.3) is 0 Å². The van der Waals surface area contributed by atoms with Crippen LogP contribution in [0.2, 0.25) is 0 Å². The van der Waals surface area contributed by atoms with Gasteiger partial charge in [0, 0.05) is 36.9 Å². The van der Waals surface area contributed by atoms with E-state index in [0.717, 1.165) is 38.2 Å². The highest BCUT2D eigenvalue weighted by molar-refractivity contribution is 7.25. The third-order valence-corrected chi connectivity index (χ3v) is 15.8. The molecule has 328 valence electrons.